The number of pyridine rings is 1. The molecule has 3 nitrogen and oxygen atoms in total. The Morgan fingerprint density at radius 3 is 2.85 bits per heavy atom. The summed E-state index contributed by atoms with van der Waals surface area (Å²) in [7, 11) is 3.50. The van der Waals surface area contributed by atoms with E-state index in [1.807, 2.05) is 19.2 Å². The predicted octanol–water partition coefficient (Wildman–Crippen LogP) is 3.28. The Labute approximate surface area is 122 Å². The Morgan fingerprint density at radius 1 is 1.35 bits per heavy atom. The molecule has 0 bridgehead atoms. The summed E-state index contributed by atoms with van der Waals surface area (Å²) in [6.45, 7) is 0. The van der Waals surface area contributed by atoms with Gasteiger partial charge in [-0.25, -0.2) is 4.39 Å². The number of benzene rings is 1. The SMILES string of the molecule is CNC(CSc1ccccc1F)c1cncc(OC)c1. The lowest BCUT2D eigenvalue weighted by atomic mass is 10.1. The van der Waals surface area contributed by atoms with Crippen molar-refractivity contribution in [1.29, 1.82) is 0 Å². The molecule has 106 valence electrons. The van der Waals surface area contributed by atoms with Crippen LogP contribution in [0.15, 0.2) is 47.6 Å². The summed E-state index contributed by atoms with van der Waals surface area (Å²) in [6, 6.07) is 8.83. The third-order valence-corrected chi connectivity index (χ3v) is 4.11. The molecule has 0 aliphatic carbocycles. The number of rotatable bonds is 6. The van der Waals surface area contributed by atoms with Crippen molar-refractivity contribution in [3.05, 3.63) is 54.1 Å². The van der Waals surface area contributed by atoms with Crippen LogP contribution in [-0.2, 0) is 0 Å². The highest BCUT2D eigenvalue weighted by molar-refractivity contribution is 7.99. The van der Waals surface area contributed by atoms with Crippen LogP contribution in [-0.4, -0.2) is 24.9 Å². The number of nitrogens with zero attached hydrogens (tertiary/aromatic N) is 1. The van der Waals surface area contributed by atoms with Gasteiger partial charge in [0.05, 0.1) is 13.3 Å². The predicted molar refractivity (Wildman–Crippen MR) is 79.7 cm³/mol. The van der Waals surface area contributed by atoms with Gasteiger partial charge in [-0.05, 0) is 30.8 Å². The van der Waals surface area contributed by atoms with E-state index in [1.54, 1.807) is 31.6 Å². The molecule has 1 aromatic carbocycles. The third-order valence-electron chi connectivity index (χ3n) is 2.96. The summed E-state index contributed by atoms with van der Waals surface area (Å²) >= 11 is 1.48. The van der Waals surface area contributed by atoms with Crippen molar-refractivity contribution in [2.75, 3.05) is 19.9 Å². The molecule has 2 rings (SSSR count). The Bertz CT molecular complexity index is 565. The maximum Gasteiger partial charge on any atom is 0.137 e. The van der Waals surface area contributed by atoms with Crippen molar-refractivity contribution in [2.45, 2.75) is 10.9 Å². The molecule has 1 atom stereocenters. The molecule has 0 radical (unpaired) electrons. The van der Waals surface area contributed by atoms with E-state index in [-0.39, 0.29) is 11.9 Å². The van der Waals surface area contributed by atoms with Gasteiger partial charge in [-0.2, -0.15) is 0 Å². The van der Waals surface area contributed by atoms with Crippen LogP contribution in [0.1, 0.15) is 11.6 Å². The van der Waals surface area contributed by atoms with Gasteiger partial charge in [-0.15, -0.1) is 11.8 Å². The Morgan fingerprint density at radius 2 is 2.15 bits per heavy atom. The maximum atomic E-state index is 13.6. The van der Waals surface area contributed by atoms with Crippen molar-refractivity contribution < 1.29 is 9.13 Å². The van der Waals surface area contributed by atoms with Gasteiger partial charge in [0, 0.05) is 22.9 Å². The average molecular weight is 292 g/mol. The van der Waals surface area contributed by atoms with Crippen LogP contribution in [0.25, 0.3) is 0 Å². The van der Waals surface area contributed by atoms with Crippen molar-refractivity contribution >= 4 is 11.8 Å². The minimum Gasteiger partial charge on any atom is -0.495 e. The van der Waals surface area contributed by atoms with Crippen LogP contribution in [0.3, 0.4) is 0 Å². The van der Waals surface area contributed by atoms with Crippen molar-refractivity contribution in [1.82, 2.24) is 10.3 Å². The van der Waals surface area contributed by atoms with Gasteiger partial charge in [-0.1, -0.05) is 12.1 Å². The van der Waals surface area contributed by atoms with Crippen LogP contribution in [0.5, 0.6) is 5.75 Å². The molecule has 1 heterocycles. The summed E-state index contributed by atoms with van der Waals surface area (Å²) in [5, 5.41) is 3.22. The third kappa shape index (κ3) is 3.71. The molecule has 1 unspecified atom stereocenters. The summed E-state index contributed by atoms with van der Waals surface area (Å²) in [5.41, 5.74) is 1.02. The lowest BCUT2D eigenvalue weighted by Crippen LogP contribution is -2.19. The first-order valence-corrected chi connectivity index (χ1v) is 7.26. The van der Waals surface area contributed by atoms with E-state index in [1.165, 1.54) is 17.8 Å². The van der Waals surface area contributed by atoms with Gasteiger partial charge in [0.2, 0.25) is 0 Å². The molecule has 0 spiro atoms. The first-order valence-electron chi connectivity index (χ1n) is 6.28. The fourth-order valence-corrected chi connectivity index (χ4v) is 2.90. The van der Waals surface area contributed by atoms with E-state index < -0.39 is 0 Å². The number of methoxy groups -OCH3 is 1. The van der Waals surface area contributed by atoms with Crippen molar-refractivity contribution in [3.63, 3.8) is 0 Å². The van der Waals surface area contributed by atoms with Gasteiger partial charge in [0.15, 0.2) is 0 Å². The smallest absolute Gasteiger partial charge is 0.137 e. The second kappa shape index (κ2) is 7.26. The molecule has 20 heavy (non-hydrogen) atoms. The number of halogens is 1. The first-order chi connectivity index (χ1) is 9.74. The molecule has 1 N–H and O–H groups in total. The fourth-order valence-electron chi connectivity index (χ4n) is 1.82. The van der Waals surface area contributed by atoms with Gasteiger partial charge >= 0.3 is 0 Å². The van der Waals surface area contributed by atoms with Gasteiger partial charge < -0.3 is 10.1 Å². The van der Waals surface area contributed by atoms with Crippen LogP contribution in [0.2, 0.25) is 0 Å². The normalized spacial score (nSPS) is 12.2. The molecule has 2 aromatic rings. The van der Waals surface area contributed by atoms with Crippen LogP contribution in [0, 0.1) is 5.82 Å². The lowest BCUT2D eigenvalue weighted by molar-refractivity contribution is 0.411. The zero-order chi connectivity index (χ0) is 14.4. The molecule has 0 aliphatic rings. The molecular weight excluding hydrogens is 275 g/mol. The zero-order valence-electron chi connectivity index (χ0n) is 11.5. The summed E-state index contributed by atoms with van der Waals surface area (Å²) < 4.78 is 18.8. The molecule has 0 saturated heterocycles. The highest BCUT2D eigenvalue weighted by atomic mass is 32.2. The Balaban J connectivity index is 2.07. The molecule has 0 aliphatic heterocycles. The molecule has 1 aromatic heterocycles. The van der Waals surface area contributed by atoms with Crippen molar-refractivity contribution in [3.8, 4) is 5.75 Å². The lowest BCUT2D eigenvalue weighted by Gasteiger charge is -2.16. The largest absolute Gasteiger partial charge is 0.495 e. The van der Waals surface area contributed by atoms with E-state index in [2.05, 4.69) is 10.3 Å². The van der Waals surface area contributed by atoms with Crippen molar-refractivity contribution in [2.24, 2.45) is 0 Å². The van der Waals surface area contributed by atoms with E-state index in [4.69, 9.17) is 4.74 Å². The molecule has 5 heteroatoms. The standard InChI is InChI=1S/C15H17FN2OS/c1-17-14(11-7-12(19-2)9-18-8-11)10-20-15-6-4-3-5-13(15)16/h3-9,14,17H,10H2,1-2H3. The highest BCUT2D eigenvalue weighted by Crippen LogP contribution is 2.27. The summed E-state index contributed by atoms with van der Waals surface area (Å²) in [5.74, 6) is 1.25. The van der Waals surface area contributed by atoms with E-state index >= 15 is 0 Å². The first kappa shape index (κ1) is 14.8. The highest BCUT2D eigenvalue weighted by Gasteiger charge is 2.12. The van der Waals surface area contributed by atoms with E-state index in [0.29, 0.717) is 10.6 Å². The Hall–Kier alpha value is -1.59. The van der Waals surface area contributed by atoms with Crippen LogP contribution in [0.4, 0.5) is 4.39 Å². The van der Waals surface area contributed by atoms with E-state index in [9.17, 15) is 4.39 Å². The Kier molecular flexibility index (Phi) is 5.38. The average Bonchev–Trinajstić information content (AvgIpc) is 2.50. The summed E-state index contributed by atoms with van der Waals surface area (Å²) in [6.07, 6.45) is 3.46. The second-order valence-corrected chi connectivity index (χ2v) is 5.30. The maximum absolute atomic E-state index is 13.6. The van der Waals surface area contributed by atoms with Gasteiger partial charge in [0.1, 0.15) is 11.6 Å². The molecule has 0 saturated carbocycles. The second-order valence-electron chi connectivity index (χ2n) is 4.24. The minimum absolute atomic E-state index is 0.0854. The van der Waals surface area contributed by atoms with Crippen LogP contribution >= 0.6 is 11.8 Å². The van der Waals surface area contributed by atoms with Gasteiger partial charge in [-0.3, -0.25) is 4.98 Å². The quantitative estimate of drug-likeness (QED) is 0.829. The minimum atomic E-state index is -0.184. The number of nitrogens with one attached hydrogen (secondary N) is 1. The molecular formula is C15H17FN2OS. The number of hydrogen-bond donors (Lipinski definition) is 1. The number of ether oxygens (including phenoxy) is 1. The number of thioether (sulfide) groups is 1. The molecule has 0 fully saturated rings. The monoisotopic (exact) mass is 292 g/mol. The van der Waals surface area contributed by atoms with Crippen LogP contribution < -0.4 is 10.1 Å². The number of hydrogen-bond acceptors (Lipinski definition) is 4. The molecule has 0 amide bonds. The van der Waals surface area contributed by atoms with Gasteiger partial charge in [0.25, 0.3) is 0 Å². The summed E-state index contributed by atoms with van der Waals surface area (Å²) in [4.78, 5) is 4.80. The van der Waals surface area contributed by atoms with E-state index in [0.717, 1.165) is 11.3 Å². The fraction of sp³-hybridized carbons (Fsp3) is 0.267. The topological polar surface area (TPSA) is 34.2 Å². The number of aromatic nitrogens is 1. The zero-order valence-corrected chi connectivity index (χ0v) is 12.3.